The molecule has 0 unspecified atom stereocenters. The van der Waals surface area contributed by atoms with Gasteiger partial charge >= 0.3 is 0 Å². The summed E-state index contributed by atoms with van der Waals surface area (Å²) in [6.07, 6.45) is 1.94. The number of fused-ring (bicyclic) bond motifs is 1. The fraction of sp³-hybridized carbons (Fsp3) is 0.235. The van der Waals surface area contributed by atoms with Crippen molar-refractivity contribution in [1.82, 2.24) is 15.2 Å². The average Bonchev–Trinajstić information content (AvgIpc) is 3.01. The maximum Gasteiger partial charge on any atom is 0.230 e. The van der Waals surface area contributed by atoms with E-state index < -0.39 is 0 Å². The van der Waals surface area contributed by atoms with E-state index in [4.69, 9.17) is 4.74 Å². The Bertz CT molecular complexity index is 841. The lowest BCUT2D eigenvalue weighted by Crippen LogP contribution is -2.15. The van der Waals surface area contributed by atoms with Gasteiger partial charge in [-0.25, -0.2) is 4.98 Å². The Morgan fingerprint density at radius 1 is 1.30 bits per heavy atom. The van der Waals surface area contributed by atoms with Crippen molar-refractivity contribution in [2.24, 2.45) is 0 Å². The number of H-pyrrole nitrogens is 1. The van der Waals surface area contributed by atoms with Crippen LogP contribution in [0.5, 0.6) is 5.88 Å². The molecule has 0 atom stereocenters. The number of carbonyl (C=O) groups is 1. The van der Waals surface area contributed by atoms with Gasteiger partial charge in [-0.2, -0.15) is 5.10 Å². The molecule has 6 nitrogen and oxygen atoms in total. The summed E-state index contributed by atoms with van der Waals surface area (Å²) in [7, 11) is 0. The van der Waals surface area contributed by atoms with Gasteiger partial charge < -0.3 is 10.1 Å². The highest BCUT2D eigenvalue weighted by Crippen LogP contribution is 2.24. The van der Waals surface area contributed by atoms with Gasteiger partial charge in [-0.05, 0) is 31.5 Å². The van der Waals surface area contributed by atoms with Crippen molar-refractivity contribution in [3.63, 3.8) is 0 Å². The molecule has 3 rings (SSSR count). The molecule has 118 valence electrons. The topological polar surface area (TPSA) is 79.9 Å². The smallest absolute Gasteiger partial charge is 0.230 e. The molecule has 1 amide bonds. The number of aromatic amines is 1. The van der Waals surface area contributed by atoms with Crippen LogP contribution in [0.25, 0.3) is 10.9 Å². The van der Waals surface area contributed by atoms with Crippen molar-refractivity contribution in [2.45, 2.75) is 20.3 Å². The van der Waals surface area contributed by atoms with Crippen LogP contribution in [0.3, 0.4) is 0 Å². The number of hydrogen-bond acceptors (Lipinski definition) is 4. The number of anilines is 1. The summed E-state index contributed by atoms with van der Waals surface area (Å²) < 4.78 is 5.35. The summed E-state index contributed by atoms with van der Waals surface area (Å²) in [5.41, 5.74) is 3.32. The number of nitrogens with zero attached hydrogens (tertiary/aromatic N) is 2. The fourth-order valence-corrected chi connectivity index (χ4v) is 2.42. The first-order valence-corrected chi connectivity index (χ1v) is 7.48. The van der Waals surface area contributed by atoms with Crippen LogP contribution in [-0.4, -0.2) is 27.7 Å². The molecule has 0 fully saturated rings. The van der Waals surface area contributed by atoms with Crippen molar-refractivity contribution in [3.8, 4) is 5.88 Å². The van der Waals surface area contributed by atoms with Crippen molar-refractivity contribution in [3.05, 3.63) is 47.8 Å². The number of hydrogen-bond donors (Lipinski definition) is 2. The standard InChI is InChI=1S/C17H18N4O2/c1-3-23-16-6-4-5-12(19-16)9-15(22)20-14-8-7-11(2)13-10-18-21-17(13)14/h4-8,10H,3,9H2,1-2H3,(H,18,21)(H,20,22). The summed E-state index contributed by atoms with van der Waals surface area (Å²) in [4.78, 5) is 16.6. The molecule has 6 heteroatoms. The molecule has 0 spiro atoms. The van der Waals surface area contributed by atoms with E-state index in [1.165, 1.54) is 0 Å². The molecule has 2 N–H and O–H groups in total. The highest BCUT2D eigenvalue weighted by Gasteiger charge is 2.10. The molecule has 0 aliphatic rings. The summed E-state index contributed by atoms with van der Waals surface area (Å²) in [5, 5.41) is 10.9. The highest BCUT2D eigenvalue weighted by atomic mass is 16.5. The Kier molecular flexibility index (Phi) is 4.23. The lowest BCUT2D eigenvalue weighted by molar-refractivity contribution is -0.115. The average molecular weight is 310 g/mol. The summed E-state index contributed by atoms with van der Waals surface area (Å²) in [6, 6.07) is 9.25. The van der Waals surface area contributed by atoms with Gasteiger partial charge in [0.25, 0.3) is 0 Å². The van der Waals surface area contributed by atoms with E-state index in [0.29, 0.717) is 23.9 Å². The number of benzene rings is 1. The second kappa shape index (κ2) is 6.48. The number of aryl methyl sites for hydroxylation is 1. The van der Waals surface area contributed by atoms with E-state index in [9.17, 15) is 4.79 Å². The molecule has 0 saturated carbocycles. The van der Waals surface area contributed by atoms with Crippen molar-refractivity contribution < 1.29 is 9.53 Å². The molecule has 0 aliphatic heterocycles. The molecule has 23 heavy (non-hydrogen) atoms. The number of amides is 1. The van der Waals surface area contributed by atoms with Crippen LogP contribution in [0, 0.1) is 6.92 Å². The van der Waals surface area contributed by atoms with Crippen LogP contribution >= 0.6 is 0 Å². The third-order valence-electron chi connectivity index (χ3n) is 3.52. The summed E-state index contributed by atoms with van der Waals surface area (Å²) in [6.45, 7) is 4.45. The normalized spacial score (nSPS) is 10.7. The van der Waals surface area contributed by atoms with E-state index in [0.717, 1.165) is 16.5 Å². The Labute approximate surface area is 133 Å². The highest BCUT2D eigenvalue weighted by molar-refractivity contribution is 6.01. The lowest BCUT2D eigenvalue weighted by Gasteiger charge is -2.08. The number of pyridine rings is 1. The maximum atomic E-state index is 12.3. The second-order valence-electron chi connectivity index (χ2n) is 5.21. The number of aromatic nitrogens is 3. The monoisotopic (exact) mass is 310 g/mol. The zero-order valence-electron chi connectivity index (χ0n) is 13.1. The van der Waals surface area contributed by atoms with E-state index >= 15 is 0 Å². The minimum Gasteiger partial charge on any atom is -0.478 e. The van der Waals surface area contributed by atoms with Crippen molar-refractivity contribution in [2.75, 3.05) is 11.9 Å². The Hall–Kier alpha value is -2.89. The van der Waals surface area contributed by atoms with Crippen LogP contribution in [-0.2, 0) is 11.2 Å². The predicted molar refractivity (Wildman–Crippen MR) is 88.6 cm³/mol. The van der Waals surface area contributed by atoms with E-state index in [-0.39, 0.29) is 12.3 Å². The van der Waals surface area contributed by atoms with Gasteiger partial charge in [-0.15, -0.1) is 0 Å². The minimum absolute atomic E-state index is 0.133. The molecule has 1 aromatic carbocycles. The van der Waals surface area contributed by atoms with Crippen molar-refractivity contribution in [1.29, 1.82) is 0 Å². The molecule has 2 aromatic heterocycles. The number of nitrogens with one attached hydrogen (secondary N) is 2. The molecular formula is C17H18N4O2. The number of carbonyl (C=O) groups excluding carboxylic acids is 1. The molecular weight excluding hydrogens is 292 g/mol. The van der Waals surface area contributed by atoms with Gasteiger partial charge in [0, 0.05) is 11.5 Å². The van der Waals surface area contributed by atoms with Gasteiger partial charge in [-0.3, -0.25) is 9.89 Å². The molecule has 0 aliphatic carbocycles. The minimum atomic E-state index is -0.133. The molecule has 3 aromatic rings. The quantitative estimate of drug-likeness (QED) is 0.759. The first-order valence-electron chi connectivity index (χ1n) is 7.48. The van der Waals surface area contributed by atoms with Crippen LogP contribution in [0.1, 0.15) is 18.2 Å². The zero-order valence-corrected chi connectivity index (χ0v) is 13.1. The van der Waals surface area contributed by atoms with Gasteiger partial charge in [0.1, 0.15) is 0 Å². The zero-order chi connectivity index (χ0) is 16.2. The Morgan fingerprint density at radius 3 is 3.00 bits per heavy atom. The SMILES string of the molecule is CCOc1cccc(CC(=O)Nc2ccc(C)c3cn[nH]c23)n1. The predicted octanol–water partition coefficient (Wildman–Crippen LogP) is 2.85. The first kappa shape index (κ1) is 15.0. The number of ether oxygens (including phenoxy) is 1. The summed E-state index contributed by atoms with van der Waals surface area (Å²) in [5.74, 6) is 0.398. The van der Waals surface area contributed by atoms with Gasteiger partial charge in [0.2, 0.25) is 11.8 Å². The molecule has 0 bridgehead atoms. The largest absolute Gasteiger partial charge is 0.478 e. The third kappa shape index (κ3) is 3.31. The fourth-order valence-electron chi connectivity index (χ4n) is 2.42. The molecule has 2 heterocycles. The van der Waals surface area contributed by atoms with Crippen molar-refractivity contribution >= 4 is 22.5 Å². The van der Waals surface area contributed by atoms with Gasteiger partial charge in [0.15, 0.2) is 0 Å². The summed E-state index contributed by atoms with van der Waals surface area (Å²) >= 11 is 0. The molecule has 0 radical (unpaired) electrons. The lowest BCUT2D eigenvalue weighted by atomic mass is 10.1. The van der Waals surface area contributed by atoms with Crippen LogP contribution < -0.4 is 10.1 Å². The van der Waals surface area contributed by atoms with Crippen LogP contribution in [0.4, 0.5) is 5.69 Å². The van der Waals surface area contributed by atoms with E-state index in [1.807, 2.05) is 38.1 Å². The molecule has 0 saturated heterocycles. The second-order valence-corrected chi connectivity index (χ2v) is 5.21. The third-order valence-corrected chi connectivity index (χ3v) is 3.52. The Balaban J connectivity index is 1.75. The van der Waals surface area contributed by atoms with Gasteiger partial charge in [-0.1, -0.05) is 12.1 Å². The van der Waals surface area contributed by atoms with E-state index in [2.05, 4.69) is 20.5 Å². The van der Waals surface area contributed by atoms with Crippen LogP contribution in [0.2, 0.25) is 0 Å². The van der Waals surface area contributed by atoms with E-state index in [1.54, 1.807) is 12.3 Å². The number of rotatable bonds is 5. The van der Waals surface area contributed by atoms with Crippen LogP contribution in [0.15, 0.2) is 36.5 Å². The van der Waals surface area contributed by atoms with Gasteiger partial charge in [0.05, 0.1) is 36.1 Å². The first-order chi connectivity index (χ1) is 11.2. The Morgan fingerprint density at radius 2 is 2.17 bits per heavy atom. The maximum absolute atomic E-state index is 12.3.